The Bertz CT molecular complexity index is 619. The lowest BCUT2D eigenvalue weighted by Gasteiger charge is -2.10. The molecule has 2 aromatic rings. The smallest absolute Gasteiger partial charge is 0.101 e. The second-order valence-electron chi connectivity index (χ2n) is 3.92. The Labute approximate surface area is 120 Å². The molecule has 2 N–H and O–H groups in total. The van der Waals surface area contributed by atoms with Gasteiger partial charge in [-0.3, -0.25) is 4.98 Å². The van der Waals surface area contributed by atoms with Crippen molar-refractivity contribution in [1.82, 2.24) is 4.98 Å². The van der Waals surface area contributed by atoms with Gasteiger partial charge in [0.2, 0.25) is 0 Å². The van der Waals surface area contributed by atoms with E-state index in [0.29, 0.717) is 5.56 Å². The van der Waals surface area contributed by atoms with Crippen molar-refractivity contribution in [3.8, 4) is 6.07 Å². The van der Waals surface area contributed by atoms with Crippen molar-refractivity contribution >= 4 is 33.0 Å². The Morgan fingerprint density at radius 1 is 1.26 bits per heavy atom. The van der Waals surface area contributed by atoms with Crippen LogP contribution in [0.3, 0.4) is 0 Å². The van der Waals surface area contributed by atoms with Gasteiger partial charge in [-0.15, -0.1) is 0 Å². The molecular weight excluding hydrogens is 304 g/mol. The molecule has 5 heteroatoms. The van der Waals surface area contributed by atoms with Gasteiger partial charge in [-0.05, 0) is 31.2 Å². The van der Waals surface area contributed by atoms with Crippen molar-refractivity contribution in [3.63, 3.8) is 0 Å². The molecule has 0 bridgehead atoms. The van der Waals surface area contributed by atoms with Gasteiger partial charge in [0.25, 0.3) is 0 Å². The standard InChI is InChI=1S/C14H13BrN4/c1-2-18-12-6-13(9-17-8-12)19-14-4-3-11(15)5-10(14)7-16/h3-6,8-9,18-19H,2H2,1H3. The predicted molar refractivity (Wildman–Crippen MR) is 80.5 cm³/mol. The summed E-state index contributed by atoms with van der Waals surface area (Å²) in [6.45, 7) is 2.87. The SMILES string of the molecule is CCNc1cncc(Nc2ccc(Br)cc2C#N)c1. The molecular formula is C14H13BrN4. The number of aromatic nitrogens is 1. The van der Waals surface area contributed by atoms with Crippen molar-refractivity contribution in [1.29, 1.82) is 5.26 Å². The first kappa shape index (κ1) is 13.4. The fourth-order valence-electron chi connectivity index (χ4n) is 1.68. The third-order valence-electron chi connectivity index (χ3n) is 2.50. The monoisotopic (exact) mass is 316 g/mol. The fraction of sp³-hybridized carbons (Fsp3) is 0.143. The van der Waals surface area contributed by atoms with Crippen LogP contribution in [0.4, 0.5) is 17.1 Å². The van der Waals surface area contributed by atoms with Crippen LogP contribution in [0.2, 0.25) is 0 Å². The molecule has 4 nitrogen and oxygen atoms in total. The maximum atomic E-state index is 9.12. The molecule has 2 rings (SSSR count). The molecule has 0 spiro atoms. The molecule has 19 heavy (non-hydrogen) atoms. The highest BCUT2D eigenvalue weighted by Crippen LogP contribution is 2.24. The molecule has 0 radical (unpaired) electrons. The number of anilines is 3. The second-order valence-corrected chi connectivity index (χ2v) is 4.84. The number of hydrogen-bond donors (Lipinski definition) is 2. The zero-order chi connectivity index (χ0) is 13.7. The Kier molecular flexibility index (Phi) is 4.37. The van der Waals surface area contributed by atoms with E-state index in [-0.39, 0.29) is 0 Å². The summed E-state index contributed by atoms with van der Waals surface area (Å²) in [5.74, 6) is 0. The number of nitriles is 1. The van der Waals surface area contributed by atoms with Gasteiger partial charge in [0, 0.05) is 11.0 Å². The van der Waals surface area contributed by atoms with E-state index in [1.54, 1.807) is 18.5 Å². The van der Waals surface area contributed by atoms with Crippen LogP contribution in [-0.4, -0.2) is 11.5 Å². The molecule has 0 saturated heterocycles. The number of hydrogen-bond acceptors (Lipinski definition) is 4. The molecule has 1 aromatic heterocycles. The number of rotatable bonds is 4. The average molecular weight is 317 g/mol. The molecule has 0 aliphatic rings. The van der Waals surface area contributed by atoms with Crippen LogP contribution in [0, 0.1) is 11.3 Å². The van der Waals surface area contributed by atoms with Crippen LogP contribution in [0.1, 0.15) is 12.5 Å². The van der Waals surface area contributed by atoms with Crippen LogP contribution in [-0.2, 0) is 0 Å². The van der Waals surface area contributed by atoms with E-state index >= 15 is 0 Å². The van der Waals surface area contributed by atoms with E-state index in [1.165, 1.54) is 0 Å². The highest BCUT2D eigenvalue weighted by atomic mass is 79.9. The Balaban J connectivity index is 2.26. The van der Waals surface area contributed by atoms with Crippen molar-refractivity contribution in [2.24, 2.45) is 0 Å². The fourth-order valence-corrected chi connectivity index (χ4v) is 2.04. The lowest BCUT2D eigenvalue weighted by Crippen LogP contribution is -1.99. The third kappa shape index (κ3) is 3.46. The van der Waals surface area contributed by atoms with Crippen LogP contribution in [0.5, 0.6) is 0 Å². The Morgan fingerprint density at radius 2 is 2.05 bits per heavy atom. The van der Waals surface area contributed by atoms with E-state index in [0.717, 1.165) is 28.1 Å². The zero-order valence-electron chi connectivity index (χ0n) is 10.4. The first-order valence-corrected chi connectivity index (χ1v) is 6.68. The van der Waals surface area contributed by atoms with Gasteiger partial charge >= 0.3 is 0 Å². The first-order chi connectivity index (χ1) is 9.22. The predicted octanol–water partition coefficient (Wildman–Crippen LogP) is 3.89. The van der Waals surface area contributed by atoms with Gasteiger partial charge in [0.1, 0.15) is 6.07 Å². The number of nitrogens with one attached hydrogen (secondary N) is 2. The largest absolute Gasteiger partial charge is 0.384 e. The second kappa shape index (κ2) is 6.21. The molecule has 0 fully saturated rings. The average Bonchev–Trinajstić information content (AvgIpc) is 2.41. The highest BCUT2D eigenvalue weighted by molar-refractivity contribution is 9.10. The Morgan fingerprint density at radius 3 is 2.79 bits per heavy atom. The van der Waals surface area contributed by atoms with Crippen LogP contribution in [0.15, 0.2) is 41.1 Å². The molecule has 1 heterocycles. The van der Waals surface area contributed by atoms with Gasteiger partial charge < -0.3 is 10.6 Å². The molecule has 0 unspecified atom stereocenters. The summed E-state index contributed by atoms with van der Waals surface area (Å²) in [6, 6.07) is 9.66. The number of pyridine rings is 1. The molecule has 1 aromatic carbocycles. The summed E-state index contributed by atoms with van der Waals surface area (Å²) in [6.07, 6.45) is 3.49. The quantitative estimate of drug-likeness (QED) is 0.898. The van der Waals surface area contributed by atoms with Gasteiger partial charge in [-0.2, -0.15) is 5.26 Å². The van der Waals surface area contributed by atoms with Crippen LogP contribution >= 0.6 is 15.9 Å². The first-order valence-electron chi connectivity index (χ1n) is 5.88. The number of nitrogens with zero attached hydrogens (tertiary/aromatic N) is 2. The normalized spacial score (nSPS) is 9.74. The maximum Gasteiger partial charge on any atom is 0.101 e. The van der Waals surface area contributed by atoms with E-state index in [4.69, 9.17) is 5.26 Å². The maximum absolute atomic E-state index is 9.12. The minimum absolute atomic E-state index is 0.586. The minimum Gasteiger partial charge on any atom is -0.384 e. The highest BCUT2D eigenvalue weighted by Gasteiger charge is 2.04. The zero-order valence-corrected chi connectivity index (χ0v) is 12.0. The van der Waals surface area contributed by atoms with Gasteiger partial charge in [-0.25, -0.2) is 0 Å². The molecule has 96 valence electrons. The Hall–Kier alpha value is -2.06. The van der Waals surface area contributed by atoms with Crippen molar-refractivity contribution in [2.45, 2.75) is 6.92 Å². The van der Waals surface area contributed by atoms with Gasteiger partial charge in [0.05, 0.1) is 35.0 Å². The van der Waals surface area contributed by atoms with Crippen LogP contribution < -0.4 is 10.6 Å². The molecule has 0 aliphatic heterocycles. The summed E-state index contributed by atoms with van der Waals surface area (Å²) < 4.78 is 0.883. The summed E-state index contributed by atoms with van der Waals surface area (Å²) in [5, 5.41) is 15.5. The van der Waals surface area contributed by atoms with Crippen molar-refractivity contribution in [2.75, 3.05) is 17.2 Å². The van der Waals surface area contributed by atoms with Crippen molar-refractivity contribution in [3.05, 3.63) is 46.7 Å². The minimum atomic E-state index is 0.586. The van der Waals surface area contributed by atoms with Crippen molar-refractivity contribution < 1.29 is 0 Å². The van der Waals surface area contributed by atoms with Gasteiger partial charge in [0.15, 0.2) is 0 Å². The summed E-state index contributed by atoms with van der Waals surface area (Å²) in [5.41, 5.74) is 3.14. The molecule has 0 amide bonds. The number of benzene rings is 1. The lowest BCUT2D eigenvalue weighted by atomic mass is 10.2. The van der Waals surface area contributed by atoms with Gasteiger partial charge in [-0.1, -0.05) is 15.9 Å². The lowest BCUT2D eigenvalue weighted by molar-refractivity contribution is 1.19. The molecule has 0 saturated carbocycles. The summed E-state index contributed by atoms with van der Waals surface area (Å²) in [7, 11) is 0. The topological polar surface area (TPSA) is 60.7 Å². The van der Waals surface area contributed by atoms with E-state index in [9.17, 15) is 0 Å². The van der Waals surface area contributed by atoms with E-state index in [1.807, 2.05) is 25.1 Å². The van der Waals surface area contributed by atoms with Crippen LogP contribution in [0.25, 0.3) is 0 Å². The van der Waals surface area contributed by atoms with E-state index in [2.05, 4.69) is 37.6 Å². The molecule has 0 atom stereocenters. The van der Waals surface area contributed by atoms with E-state index < -0.39 is 0 Å². The number of halogens is 1. The summed E-state index contributed by atoms with van der Waals surface area (Å²) in [4.78, 5) is 4.16. The molecule has 0 aliphatic carbocycles. The summed E-state index contributed by atoms with van der Waals surface area (Å²) >= 11 is 3.35. The third-order valence-corrected chi connectivity index (χ3v) is 2.99.